The molecule has 0 bridgehead atoms. The Balaban J connectivity index is 1.40. The SMILES string of the molecule is Nc1c(NCCCn2ccnc2)ncnc1NNC(=O)C(c1ccccc1)c1ccccc1. The number of nitrogens with zero attached hydrogens (tertiary/aromatic N) is 4. The van der Waals surface area contributed by atoms with E-state index in [-0.39, 0.29) is 5.91 Å². The average Bonchev–Trinajstić information content (AvgIpc) is 3.37. The van der Waals surface area contributed by atoms with Gasteiger partial charge in [-0.15, -0.1) is 0 Å². The fraction of sp³-hybridized carbons (Fsp3) is 0.167. The zero-order chi connectivity index (χ0) is 22.9. The number of nitrogen functional groups attached to an aromatic ring is 1. The summed E-state index contributed by atoms with van der Waals surface area (Å²) in [5.41, 5.74) is 13.9. The highest BCUT2D eigenvalue weighted by Gasteiger charge is 2.22. The first-order chi connectivity index (χ1) is 16.2. The average molecular weight is 443 g/mol. The van der Waals surface area contributed by atoms with Gasteiger partial charge < -0.3 is 15.6 Å². The van der Waals surface area contributed by atoms with E-state index in [9.17, 15) is 4.79 Å². The fourth-order valence-electron chi connectivity index (χ4n) is 3.50. The van der Waals surface area contributed by atoms with Crippen LogP contribution in [0.2, 0.25) is 0 Å². The highest BCUT2D eigenvalue weighted by Crippen LogP contribution is 2.26. The van der Waals surface area contributed by atoms with Crippen molar-refractivity contribution < 1.29 is 4.79 Å². The number of hydrazine groups is 1. The van der Waals surface area contributed by atoms with Crippen LogP contribution in [0.15, 0.2) is 85.7 Å². The van der Waals surface area contributed by atoms with Crippen LogP contribution in [0.25, 0.3) is 0 Å². The number of rotatable bonds is 10. The molecule has 9 nitrogen and oxygen atoms in total. The molecule has 0 saturated carbocycles. The summed E-state index contributed by atoms with van der Waals surface area (Å²) in [6, 6.07) is 19.2. The third-order valence-electron chi connectivity index (χ3n) is 5.16. The van der Waals surface area contributed by atoms with Crippen molar-refractivity contribution in [1.82, 2.24) is 24.9 Å². The Labute approximate surface area is 192 Å². The number of anilines is 3. The minimum atomic E-state index is -0.483. The van der Waals surface area contributed by atoms with Gasteiger partial charge in [-0.2, -0.15) is 0 Å². The monoisotopic (exact) mass is 442 g/mol. The molecule has 2 aromatic carbocycles. The number of nitrogens with one attached hydrogen (secondary N) is 3. The molecule has 0 spiro atoms. The van der Waals surface area contributed by atoms with E-state index in [0.29, 0.717) is 23.9 Å². The molecule has 33 heavy (non-hydrogen) atoms. The van der Waals surface area contributed by atoms with Gasteiger partial charge in [0.05, 0.1) is 12.2 Å². The Morgan fingerprint density at radius 3 is 2.27 bits per heavy atom. The summed E-state index contributed by atoms with van der Waals surface area (Å²) in [6.07, 6.45) is 7.72. The molecule has 0 saturated heterocycles. The van der Waals surface area contributed by atoms with Gasteiger partial charge in [-0.05, 0) is 17.5 Å². The number of imidazole rings is 1. The molecule has 0 radical (unpaired) electrons. The molecule has 0 fully saturated rings. The van der Waals surface area contributed by atoms with Crippen LogP contribution in [-0.4, -0.2) is 32.0 Å². The summed E-state index contributed by atoms with van der Waals surface area (Å²) in [5.74, 6) is 0.134. The third-order valence-corrected chi connectivity index (χ3v) is 5.16. The van der Waals surface area contributed by atoms with E-state index < -0.39 is 5.92 Å². The topological polar surface area (TPSA) is 123 Å². The molecule has 0 aliphatic rings. The first-order valence-corrected chi connectivity index (χ1v) is 10.7. The highest BCUT2D eigenvalue weighted by molar-refractivity contribution is 5.88. The highest BCUT2D eigenvalue weighted by atomic mass is 16.2. The van der Waals surface area contributed by atoms with Crippen LogP contribution in [0.1, 0.15) is 23.5 Å². The standard InChI is InChI=1S/C24H26N8O/c25-21-22(27-12-7-14-32-15-13-26-17-32)28-16-29-23(21)30-31-24(33)20(18-8-3-1-4-9-18)19-10-5-2-6-11-19/h1-6,8-11,13,15-17,20H,7,12,14,25H2,(H,31,33)(H2,27,28,29,30). The summed E-state index contributed by atoms with van der Waals surface area (Å²) < 4.78 is 2.00. The molecule has 0 aliphatic carbocycles. The Kier molecular flexibility index (Phi) is 7.11. The zero-order valence-corrected chi connectivity index (χ0v) is 18.1. The van der Waals surface area contributed by atoms with E-state index in [2.05, 4.69) is 31.1 Å². The molecule has 168 valence electrons. The maximum atomic E-state index is 13.2. The molecule has 0 atom stereocenters. The van der Waals surface area contributed by atoms with Crippen molar-refractivity contribution >= 4 is 23.2 Å². The molecule has 4 rings (SSSR count). The van der Waals surface area contributed by atoms with Gasteiger partial charge in [0.1, 0.15) is 12.0 Å². The molecule has 4 aromatic rings. The van der Waals surface area contributed by atoms with E-state index >= 15 is 0 Å². The number of aryl methyl sites for hydroxylation is 1. The summed E-state index contributed by atoms with van der Waals surface area (Å²) in [7, 11) is 0. The number of hydrogen-bond acceptors (Lipinski definition) is 7. The molecule has 1 amide bonds. The second kappa shape index (κ2) is 10.8. The molecule has 2 aromatic heterocycles. The van der Waals surface area contributed by atoms with E-state index in [0.717, 1.165) is 24.1 Å². The van der Waals surface area contributed by atoms with Crippen LogP contribution in [0.3, 0.4) is 0 Å². The van der Waals surface area contributed by atoms with Crippen LogP contribution < -0.4 is 21.9 Å². The second-order valence-electron chi connectivity index (χ2n) is 7.43. The van der Waals surface area contributed by atoms with Crippen molar-refractivity contribution in [2.75, 3.05) is 23.0 Å². The van der Waals surface area contributed by atoms with Crippen LogP contribution in [-0.2, 0) is 11.3 Å². The lowest BCUT2D eigenvalue weighted by Gasteiger charge is -2.19. The van der Waals surface area contributed by atoms with E-state index in [1.165, 1.54) is 6.33 Å². The lowest BCUT2D eigenvalue weighted by molar-refractivity contribution is -0.121. The minimum absolute atomic E-state index is 0.222. The molecule has 2 heterocycles. The first-order valence-electron chi connectivity index (χ1n) is 10.7. The smallest absolute Gasteiger partial charge is 0.250 e. The van der Waals surface area contributed by atoms with Gasteiger partial charge in [-0.3, -0.25) is 15.6 Å². The molecule has 9 heteroatoms. The van der Waals surface area contributed by atoms with Crippen molar-refractivity contribution in [3.8, 4) is 0 Å². The molecule has 5 N–H and O–H groups in total. The molecule has 0 unspecified atom stereocenters. The third kappa shape index (κ3) is 5.65. The van der Waals surface area contributed by atoms with Crippen LogP contribution in [0.4, 0.5) is 17.3 Å². The van der Waals surface area contributed by atoms with Crippen molar-refractivity contribution in [2.45, 2.75) is 18.9 Å². The van der Waals surface area contributed by atoms with Crippen molar-refractivity contribution in [3.63, 3.8) is 0 Å². The number of aromatic nitrogens is 4. The van der Waals surface area contributed by atoms with Gasteiger partial charge in [0, 0.05) is 25.5 Å². The lowest BCUT2D eigenvalue weighted by atomic mass is 9.91. The number of nitrogens with two attached hydrogens (primary N) is 1. The number of carbonyl (C=O) groups is 1. The normalized spacial score (nSPS) is 10.7. The largest absolute Gasteiger partial charge is 0.393 e. The summed E-state index contributed by atoms with van der Waals surface area (Å²) in [4.78, 5) is 25.6. The Bertz CT molecular complexity index is 1110. The van der Waals surface area contributed by atoms with Gasteiger partial charge in [-0.25, -0.2) is 15.0 Å². The molecular formula is C24H26N8O. The van der Waals surface area contributed by atoms with Crippen molar-refractivity contribution in [3.05, 3.63) is 96.8 Å². The van der Waals surface area contributed by atoms with Gasteiger partial charge in [0.2, 0.25) is 5.91 Å². The lowest BCUT2D eigenvalue weighted by Crippen LogP contribution is -2.35. The van der Waals surface area contributed by atoms with Crippen LogP contribution in [0.5, 0.6) is 0 Å². The summed E-state index contributed by atoms with van der Waals surface area (Å²) in [5, 5.41) is 3.22. The van der Waals surface area contributed by atoms with Gasteiger partial charge in [-0.1, -0.05) is 60.7 Å². The fourth-order valence-corrected chi connectivity index (χ4v) is 3.50. The zero-order valence-electron chi connectivity index (χ0n) is 18.1. The molecule has 0 aliphatic heterocycles. The van der Waals surface area contributed by atoms with Crippen molar-refractivity contribution in [1.29, 1.82) is 0 Å². The van der Waals surface area contributed by atoms with Gasteiger partial charge in [0.15, 0.2) is 11.6 Å². The first kappa shape index (κ1) is 21.8. The predicted octanol–water partition coefficient (Wildman–Crippen LogP) is 3.03. The second-order valence-corrected chi connectivity index (χ2v) is 7.43. The quantitative estimate of drug-likeness (QED) is 0.220. The Morgan fingerprint density at radius 1 is 0.970 bits per heavy atom. The van der Waals surface area contributed by atoms with Gasteiger partial charge >= 0.3 is 0 Å². The predicted molar refractivity (Wildman–Crippen MR) is 128 cm³/mol. The van der Waals surface area contributed by atoms with E-state index in [4.69, 9.17) is 5.73 Å². The number of hydrogen-bond donors (Lipinski definition) is 4. The Hall–Kier alpha value is -4.40. The Morgan fingerprint density at radius 2 is 1.64 bits per heavy atom. The number of carbonyl (C=O) groups excluding carboxylic acids is 1. The van der Waals surface area contributed by atoms with Crippen LogP contribution in [0, 0.1) is 0 Å². The van der Waals surface area contributed by atoms with Crippen LogP contribution >= 0.6 is 0 Å². The molecular weight excluding hydrogens is 416 g/mol. The summed E-state index contributed by atoms with van der Waals surface area (Å²) >= 11 is 0. The van der Waals surface area contributed by atoms with Gasteiger partial charge in [0.25, 0.3) is 0 Å². The van der Waals surface area contributed by atoms with Crippen molar-refractivity contribution in [2.24, 2.45) is 0 Å². The minimum Gasteiger partial charge on any atom is -0.393 e. The van der Waals surface area contributed by atoms with E-state index in [1.807, 2.05) is 71.4 Å². The van der Waals surface area contributed by atoms with E-state index in [1.54, 1.807) is 12.5 Å². The number of benzene rings is 2. The maximum absolute atomic E-state index is 13.2. The summed E-state index contributed by atoms with van der Waals surface area (Å²) in [6.45, 7) is 1.51. The maximum Gasteiger partial charge on any atom is 0.250 e. The number of amides is 1.